The van der Waals surface area contributed by atoms with Crippen LogP contribution in [0.15, 0.2) is 0 Å². The molecule has 3 nitrogen and oxygen atoms in total. The summed E-state index contributed by atoms with van der Waals surface area (Å²) in [4.78, 5) is 4.78. The van der Waals surface area contributed by atoms with Gasteiger partial charge in [-0.1, -0.05) is 6.92 Å². The summed E-state index contributed by atoms with van der Waals surface area (Å²) in [5.41, 5.74) is 0. The Bertz CT molecular complexity index is 150. The number of aliphatic hydroxyl groups is 1. The summed E-state index contributed by atoms with van der Waals surface area (Å²) in [6.07, 6.45) is 1.01. The van der Waals surface area contributed by atoms with Gasteiger partial charge in [0.05, 0.1) is 6.10 Å². The van der Waals surface area contributed by atoms with Crippen LogP contribution in [0.25, 0.3) is 0 Å². The number of hydrogen-bond acceptors (Lipinski definition) is 3. The van der Waals surface area contributed by atoms with Gasteiger partial charge < -0.3 is 10.0 Å². The lowest BCUT2D eigenvalue weighted by Crippen LogP contribution is -2.52. The first kappa shape index (κ1) is 11.0. The van der Waals surface area contributed by atoms with Crippen LogP contribution >= 0.6 is 0 Å². The Labute approximate surface area is 81.3 Å². The Morgan fingerprint density at radius 1 is 1.46 bits per heavy atom. The summed E-state index contributed by atoms with van der Waals surface area (Å²) < 4.78 is 0. The van der Waals surface area contributed by atoms with Gasteiger partial charge in [-0.05, 0) is 20.4 Å². The summed E-state index contributed by atoms with van der Waals surface area (Å²) in [5, 5.41) is 9.27. The quantitative estimate of drug-likeness (QED) is 0.691. The van der Waals surface area contributed by atoms with E-state index in [0.29, 0.717) is 6.04 Å². The van der Waals surface area contributed by atoms with Crippen LogP contribution in [0.3, 0.4) is 0 Å². The molecule has 1 aliphatic rings. The van der Waals surface area contributed by atoms with Crippen LogP contribution in [-0.2, 0) is 0 Å². The third kappa shape index (κ3) is 3.25. The lowest BCUT2D eigenvalue weighted by atomic mass is 10.1. The van der Waals surface area contributed by atoms with Gasteiger partial charge in [0.2, 0.25) is 0 Å². The van der Waals surface area contributed by atoms with Gasteiger partial charge in [-0.3, -0.25) is 4.90 Å². The van der Waals surface area contributed by atoms with Crippen LogP contribution in [-0.4, -0.2) is 60.3 Å². The van der Waals surface area contributed by atoms with Crippen LogP contribution in [0.5, 0.6) is 0 Å². The van der Waals surface area contributed by atoms with Gasteiger partial charge in [-0.25, -0.2) is 0 Å². The Morgan fingerprint density at radius 3 is 2.69 bits per heavy atom. The molecule has 0 aromatic rings. The molecule has 2 unspecified atom stereocenters. The molecule has 2 atom stereocenters. The minimum absolute atomic E-state index is 0.194. The number of piperazine rings is 1. The highest BCUT2D eigenvalue weighted by Crippen LogP contribution is 2.10. The first-order chi connectivity index (χ1) is 6.13. The fraction of sp³-hybridized carbons (Fsp3) is 1.00. The third-order valence-corrected chi connectivity index (χ3v) is 2.85. The SMILES string of the molecule is CCC1CN(CC(C)O)CCN1C. The lowest BCUT2D eigenvalue weighted by Gasteiger charge is -2.39. The Kier molecular flexibility index (Phi) is 4.16. The molecule has 1 fully saturated rings. The average Bonchev–Trinajstić information content (AvgIpc) is 2.07. The highest BCUT2D eigenvalue weighted by Gasteiger charge is 2.22. The van der Waals surface area contributed by atoms with Crippen LogP contribution < -0.4 is 0 Å². The van der Waals surface area contributed by atoms with Gasteiger partial charge in [0.15, 0.2) is 0 Å². The molecule has 0 bridgehead atoms. The van der Waals surface area contributed by atoms with Crippen molar-refractivity contribution >= 4 is 0 Å². The van der Waals surface area contributed by atoms with Crippen molar-refractivity contribution in [2.24, 2.45) is 0 Å². The fourth-order valence-corrected chi connectivity index (χ4v) is 1.99. The predicted octanol–water partition coefficient (Wildman–Crippen LogP) is 0.393. The summed E-state index contributed by atoms with van der Waals surface area (Å²) in [7, 11) is 2.19. The van der Waals surface area contributed by atoms with Gasteiger partial charge in [-0.15, -0.1) is 0 Å². The normalized spacial score (nSPS) is 29.1. The van der Waals surface area contributed by atoms with Crippen molar-refractivity contribution in [2.45, 2.75) is 32.4 Å². The number of hydrogen-bond donors (Lipinski definition) is 1. The molecule has 0 saturated carbocycles. The molecule has 0 aromatic carbocycles. The number of rotatable bonds is 3. The number of likely N-dealkylation sites (N-methyl/N-ethyl adjacent to an activating group) is 1. The fourth-order valence-electron chi connectivity index (χ4n) is 1.99. The van der Waals surface area contributed by atoms with E-state index in [-0.39, 0.29) is 6.10 Å². The summed E-state index contributed by atoms with van der Waals surface area (Å²) in [6.45, 7) is 8.25. The first-order valence-corrected chi connectivity index (χ1v) is 5.24. The highest BCUT2D eigenvalue weighted by atomic mass is 16.3. The summed E-state index contributed by atoms with van der Waals surface area (Å²) in [5.74, 6) is 0. The number of aliphatic hydroxyl groups excluding tert-OH is 1. The standard InChI is InChI=1S/C10H22N2O/c1-4-10-8-12(7-9(2)13)6-5-11(10)3/h9-10,13H,4-8H2,1-3H3. The molecule has 78 valence electrons. The van der Waals surface area contributed by atoms with Crippen molar-refractivity contribution in [2.75, 3.05) is 33.2 Å². The van der Waals surface area contributed by atoms with Gasteiger partial charge in [0, 0.05) is 32.2 Å². The number of nitrogens with zero attached hydrogens (tertiary/aromatic N) is 2. The first-order valence-electron chi connectivity index (χ1n) is 5.24. The largest absolute Gasteiger partial charge is 0.392 e. The minimum Gasteiger partial charge on any atom is -0.392 e. The molecule has 1 saturated heterocycles. The van der Waals surface area contributed by atoms with Crippen LogP contribution in [0.4, 0.5) is 0 Å². The second-order valence-electron chi connectivity index (χ2n) is 4.15. The Hall–Kier alpha value is -0.120. The second kappa shape index (κ2) is 4.94. The van der Waals surface area contributed by atoms with E-state index in [0.717, 1.165) is 26.2 Å². The summed E-state index contributed by atoms with van der Waals surface area (Å²) in [6, 6.07) is 0.674. The lowest BCUT2D eigenvalue weighted by molar-refractivity contribution is 0.0566. The molecule has 3 heteroatoms. The molecule has 1 N–H and O–H groups in total. The molecule has 1 aliphatic heterocycles. The molecule has 1 rings (SSSR count). The molecular formula is C10H22N2O. The van der Waals surface area contributed by atoms with Crippen LogP contribution in [0, 0.1) is 0 Å². The molecule has 0 aromatic heterocycles. The van der Waals surface area contributed by atoms with Gasteiger partial charge in [-0.2, -0.15) is 0 Å². The van der Waals surface area contributed by atoms with Gasteiger partial charge in [0.25, 0.3) is 0 Å². The molecule has 0 radical (unpaired) electrons. The van der Waals surface area contributed by atoms with Crippen molar-refractivity contribution in [3.8, 4) is 0 Å². The molecule has 13 heavy (non-hydrogen) atoms. The maximum Gasteiger partial charge on any atom is 0.0639 e. The third-order valence-electron chi connectivity index (χ3n) is 2.85. The zero-order valence-electron chi connectivity index (χ0n) is 9.03. The van der Waals surface area contributed by atoms with Gasteiger partial charge >= 0.3 is 0 Å². The van der Waals surface area contributed by atoms with E-state index in [1.165, 1.54) is 6.42 Å². The van der Waals surface area contributed by atoms with E-state index in [1.807, 2.05) is 6.92 Å². The van der Waals surface area contributed by atoms with Crippen molar-refractivity contribution < 1.29 is 5.11 Å². The van der Waals surface area contributed by atoms with Crippen molar-refractivity contribution in [1.29, 1.82) is 0 Å². The van der Waals surface area contributed by atoms with Crippen LogP contribution in [0.2, 0.25) is 0 Å². The molecule has 0 aliphatic carbocycles. The molecular weight excluding hydrogens is 164 g/mol. The van der Waals surface area contributed by atoms with Gasteiger partial charge in [0.1, 0.15) is 0 Å². The summed E-state index contributed by atoms with van der Waals surface area (Å²) >= 11 is 0. The molecule has 0 spiro atoms. The maximum atomic E-state index is 9.27. The van der Waals surface area contributed by atoms with Crippen molar-refractivity contribution in [3.05, 3.63) is 0 Å². The zero-order chi connectivity index (χ0) is 9.84. The maximum absolute atomic E-state index is 9.27. The van der Waals surface area contributed by atoms with E-state index >= 15 is 0 Å². The topological polar surface area (TPSA) is 26.7 Å². The van der Waals surface area contributed by atoms with E-state index in [1.54, 1.807) is 0 Å². The predicted molar refractivity (Wildman–Crippen MR) is 54.8 cm³/mol. The van der Waals surface area contributed by atoms with E-state index in [9.17, 15) is 5.11 Å². The molecule has 1 heterocycles. The van der Waals surface area contributed by atoms with E-state index in [2.05, 4.69) is 23.8 Å². The minimum atomic E-state index is -0.194. The number of β-amino-alcohol motifs (C(OH)–C–C–N with tert-alkyl or cyclic N) is 1. The Morgan fingerprint density at radius 2 is 2.15 bits per heavy atom. The second-order valence-corrected chi connectivity index (χ2v) is 4.15. The zero-order valence-corrected chi connectivity index (χ0v) is 9.03. The average molecular weight is 186 g/mol. The van der Waals surface area contributed by atoms with Crippen molar-refractivity contribution in [1.82, 2.24) is 9.80 Å². The van der Waals surface area contributed by atoms with Crippen LogP contribution in [0.1, 0.15) is 20.3 Å². The highest BCUT2D eigenvalue weighted by molar-refractivity contribution is 4.79. The van der Waals surface area contributed by atoms with E-state index in [4.69, 9.17) is 0 Å². The van der Waals surface area contributed by atoms with E-state index < -0.39 is 0 Å². The van der Waals surface area contributed by atoms with Crippen molar-refractivity contribution in [3.63, 3.8) is 0 Å². The smallest absolute Gasteiger partial charge is 0.0639 e. The monoisotopic (exact) mass is 186 g/mol. The molecule has 0 amide bonds. The Balaban J connectivity index is 2.36.